The number of aromatic nitrogens is 1. The minimum atomic E-state index is 0.615. The average Bonchev–Trinajstić information content (AvgIpc) is 2.34. The van der Waals surface area contributed by atoms with E-state index < -0.39 is 0 Å². The molecule has 0 unspecified atom stereocenters. The number of hydrogen-bond acceptors (Lipinski definition) is 6. The third-order valence-corrected chi connectivity index (χ3v) is 1.92. The molecule has 0 aromatic carbocycles. The largest absolute Gasteiger partial charge is 0.383 e. The molecule has 0 spiro atoms. The lowest BCUT2D eigenvalue weighted by atomic mass is 10.4. The van der Waals surface area contributed by atoms with Gasteiger partial charge in [0.1, 0.15) is 5.82 Å². The Morgan fingerprint density at radius 2 is 2.25 bits per heavy atom. The van der Waals surface area contributed by atoms with Gasteiger partial charge in [-0.3, -0.25) is 0 Å². The van der Waals surface area contributed by atoms with Gasteiger partial charge in [-0.2, -0.15) is 0 Å². The highest BCUT2D eigenvalue weighted by Crippen LogP contribution is 2.09. The van der Waals surface area contributed by atoms with Gasteiger partial charge in [-0.05, 0) is 6.07 Å². The molecule has 0 aliphatic carbocycles. The molecular formula is C10H18N4O2. The SMILES string of the molecule is COCCOCCNc1ccnc(NN)c1. The van der Waals surface area contributed by atoms with E-state index in [1.165, 1.54) is 0 Å². The Morgan fingerprint density at radius 1 is 1.38 bits per heavy atom. The van der Waals surface area contributed by atoms with Crippen LogP contribution in [0.1, 0.15) is 0 Å². The maximum absolute atomic E-state index is 5.31. The van der Waals surface area contributed by atoms with Crippen molar-refractivity contribution in [1.29, 1.82) is 0 Å². The molecule has 4 N–H and O–H groups in total. The van der Waals surface area contributed by atoms with E-state index >= 15 is 0 Å². The summed E-state index contributed by atoms with van der Waals surface area (Å²) in [6, 6.07) is 3.70. The molecule has 90 valence electrons. The van der Waals surface area contributed by atoms with Crippen LogP contribution in [0.3, 0.4) is 0 Å². The zero-order valence-electron chi connectivity index (χ0n) is 9.40. The maximum Gasteiger partial charge on any atom is 0.141 e. The summed E-state index contributed by atoms with van der Waals surface area (Å²) >= 11 is 0. The van der Waals surface area contributed by atoms with E-state index in [9.17, 15) is 0 Å². The molecule has 0 aliphatic rings. The van der Waals surface area contributed by atoms with Crippen molar-refractivity contribution in [2.45, 2.75) is 0 Å². The minimum absolute atomic E-state index is 0.615. The van der Waals surface area contributed by atoms with Crippen molar-refractivity contribution >= 4 is 11.5 Å². The quantitative estimate of drug-likeness (QED) is 0.339. The summed E-state index contributed by atoms with van der Waals surface area (Å²) in [6.45, 7) is 2.61. The Morgan fingerprint density at radius 3 is 3.00 bits per heavy atom. The maximum atomic E-state index is 5.31. The summed E-state index contributed by atoms with van der Waals surface area (Å²) < 4.78 is 10.2. The number of nitrogens with two attached hydrogens (primary N) is 1. The van der Waals surface area contributed by atoms with E-state index in [1.54, 1.807) is 13.3 Å². The molecule has 0 bridgehead atoms. The number of nitrogen functional groups attached to an aromatic ring is 1. The topological polar surface area (TPSA) is 81.4 Å². The molecule has 16 heavy (non-hydrogen) atoms. The Labute approximate surface area is 95.1 Å². The highest BCUT2D eigenvalue weighted by Gasteiger charge is 1.94. The van der Waals surface area contributed by atoms with Gasteiger partial charge in [-0.1, -0.05) is 0 Å². The van der Waals surface area contributed by atoms with E-state index in [1.807, 2.05) is 12.1 Å². The smallest absolute Gasteiger partial charge is 0.141 e. The number of rotatable bonds is 8. The number of anilines is 2. The third-order valence-electron chi connectivity index (χ3n) is 1.92. The van der Waals surface area contributed by atoms with Gasteiger partial charge in [0.15, 0.2) is 0 Å². The molecule has 0 atom stereocenters. The second-order valence-electron chi connectivity index (χ2n) is 3.11. The second kappa shape index (κ2) is 7.86. The Hall–Kier alpha value is -1.37. The van der Waals surface area contributed by atoms with Crippen LogP contribution in [0.2, 0.25) is 0 Å². The van der Waals surface area contributed by atoms with Crippen molar-refractivity contribution in [1.82, 2.24) is 4.98 Å². The zero-order chi connectivity index (χ0) is 11.6. The minimum Gasteiger partial charge on any atom is -0.383 e. The molecule has 0 saturated heterocycles. The van der Waals surface area contributed by atoms with Crippen LogP contribution in [0.5, 0.6) is 0 Å². The molecule has 1 rings (SSSR count). The highest BCUT2D eigenvalue weighted by atomic mass is 16.5. The number of hydrazine groups is 1. The Kier molecular flexibility index (Phi) is 6.24. The summed E-state index contributed by atoms with van der Waals surface area (Å²) in [5.74, 6) is 5.88. The van der Waals surface area contributed by atoms with Crippen molar-refractivity contribution in [3.8, 4) is 0 Å². The number of ether oxygens (including phenoxy) is 2. The molecule has 0 fully saturated rings. The van der Waals surface area contributed by atoms with Gasteiger partial charge in [0.25, 0.3) is 0 Å². The van der Waals surface area contributed by atoms with Gasteiger partial charge in [0, 0.05) is 31.6 Å². The summed E-state index contributed by atoms with van der Waals surface area (Å²) in [5.41, 5.74) is 3.44. The molecule has 0 amide bonds. The third kappa shape index (κ3) is 4.92. The summed E-state index contributed by atoms with van der Waals surface area (Å²) in [6.07, 6.45) is 1.68. The van der Waals surface area contributed by atoms with Crippen LogP contribution < -0.4 is 16.6 Å². The number of nitrogens with zero attached hydrogens (tertiary/aromatic N) is 1. The van der Waals surface area contributed by atoms with Crippen LogP contribution in [-0.2, 0) is 9.47 Å². The molecule has 6 nitrogen and oxygen atoms in total. The van der Waals surface area contributed by atoms with Crippen molar-refractivity contribution in [2.75, 3.05) is 44.2 Å². The van der Waals surface area contributed by atoms with E-state index in [4.69, 9.17) is 15.3 Å². The lowest BCUT2D eigenvalue weighted by Crippen LogP contribution is -2.13. The molecule has 6 heteroatoms. The Balaban J connectivity index is 2.16. The second-order valence-corrected chi connectivity index (χ2v) is 3.11. The number of methoxy groups -OCH3 is 1. The summed E-state index contributed by atoms with van der Waals surface area (Å²) in [5, 5.41) is 3.19. The van der Waals surface area contributed by atoms with Crippen LogP contribution in [0, 0.1) is 0 Å². The van der Waals surface area contributed by atoms with Gasteiger partial charge in [0.05, 0.1) is 19.8 Å². The first-order valence-electron chi connectivity index (χ1n) is 5.10. The van der Waals surface area contributed by atoms with E-state index in [-0.39, 0.29) is 0 Å². The first kappa shape index (κ1) is 12.7. The predicted octanol–water partition coefficient (Wildman–Crippen LogP) is 0.442. The fourth-order valence-corrected chi connectivity index (χ4v) is 1.13. The first-order valence-corrected chi connectivity index (χ1v) is 5.10. The van der Waals surface area contributed by atoms with Gasteiger partial charge < -0.3 is 20.2 Å². The van der Waals surface area contributed by atoms with Crippen molar-refractivity contribution in [3.63, 3.8) is 0 Å². The van der Waals surface area contributed by atoms with Crippen LogP contribution in [0.25, 0.3) is 0 Å². The molecule has 0 aliphatic heterocycles. The predicted molar refractivity (Wildman–Crippen MR) is 63.2 cm³/mol. The number of pyridine rings is 1. The van der Waals surface area contributed by atoms with Crippen LogP contribution in [0.15, 0.2) is 18.3 Å². The Bertz CT molecular complexity index is 296. The molecule has 0 radical (unpaired) electrons. The molecular weight excluding hydrogens is 208 g/mol. The van der Waals surface area contributed by atoms with Crippen molar-refractivity contribution < 1.29 is 9.47 Å². The normalized spacial score (nSPS) is 10.1. The standard InChI is InChI=1S/C10H18N4O2/c1-15-6-7-16-5-4-12-9-2-3-13-10(8-9)14-11/h2-3,8H,4-7,11H2,1H3,(H2,12,13,14). The van der Waals surface area contributed by atoms with Crippen LogP contribution >= 0.6 is 0 Å². The lowest BCUT2D eigenvalue weighted by Gasteiger charge is -2.08. The molecule has 0 saturated carbocycles. The number of hydrogen-bond donors (Lipinski definition) is 3. The summed E-state index contributed by atoms with van der Waals surface area (Å²) in [7, 11) is 1.65. The van der Waals surface area contributed by atoms with E-state index in [0.717, 1.165) is 12.2 Å². The van der Waals surface area contributed by atoms with Crippen molar-refractivity contribution in [3.05, 3.63) is 18.3 Å². The van der Waals surface area contributed by atoms with Crippen molar-refractivity contribution in [2.24, 2.45) is 5.84 Å². The monoisotopic (exact) mass is 226 g/mol. The average molecular weight is 226 g/mol. The lowest BCUT2D eigenvalue weighted by molar-refractivity contribution is 0.0759. The number of nitrogens with one attached hydrogen (secondary N) is 2. The van der Waals surface area contributed by atoms with Gasteiger partial charge in [0.2, 0.25) is 0 Å². The fraction of sp³-hybridized carbons (Fsp3) is 0.500. The van der Waals surface area contributed by atoms with Gasteiger partial charge in [-0.25, -0.2) is 10.8 Å². The molecule has 1 heterocycles. The molecule has 1 aromatic heterocycles. The van der Waals surface area contributed by atoms with Crippen LogP contribution in [0.4, 0.5) is 11.5 Å². The highest BCUT2D eigenvalue weighted by molar-refractivity contribution is 5.51. The van der Waals surface area contributed by atoms with Gasteiger partial charge in [-0.15, -0.1) is 0 Å². The molecule has 1 aromatic rings. The van der Waals surface area contributed by atoms with E-state index in [2.05, 4.69) is 15.7 Å². The van der Waals surface area contributed by atoms with E-state index in [0.29, 0.717) is 25.6 Å². The zero-order valence-corrected chi connectivity index (χ0v) is 9.40. The van der Waals surface area contributed by atoms with Crippen LogP contribution in [-0.4, -0.2) is 38.5 Å². The fourth-order valence-electron chi connectivity index (χ4n) is 1.13. The summed E-state index contributed by atoms with van der Waals surface area (Å²) in [4.78, 5) is 4.00. The van der Waals surface area contributed by atoms with Gasteiger partial charge >= 0.3 is 0 Å². The first-order chi connectivity index (χ1) is 7.86.